The highest BCUT2D eigenvalue weighted by atomic mass is 16.2. The summed E-state index contributed by atoms with van der Waals surface area (Å²) in [6.07, 6.45) is 0.713. The third-order valence-electron chi connectivity index (χ3n) is 7.45. The van der Waals surface area contributed by atoms with Gasteiger partial charge in [-0.05, 0) is 44.7 Å². The molecule has 0 fully saturated rings. The number of rotatable bonds is 4. The molecule has 3 atom stereocenters. The van der Waals surface area contributed by atoms with Crippen molar-refractivity contribution in [2.45, 2.75) is 65.2 Å². The summed E-state index contributed by atoms with van der Waals surface area (Å²) in [5.41, 5.74) is 1.16. The number of fused-ring (bicyclic) bond motifs is 1. The molecule has 1 aliphatic rings. The quantitative estimate of drug-likeness (QED) is 0.341. The molecule has 0 aliphatic carbocycles. The van der Waals surface area contributed by atoms with E-state index in [0.717, 1.165) is 5.56 Å². The number of carbonyl (C=O) groups excluding carboxylic acids is 5. The van der Waals surface area contributed by atoms with Crippen LogP contribution in [0.1, 0.15) is 62.8 Å². The van der Waals surface area contributed by atoms with E-state index in [1.807, 2.05) is 44.2 Å². The lowest BCUT2D eigenvalue weighted by atomic mass is 10.0. The van der Waals surface area contributed by atoms with Crippen molar-refractivity contribution in [1.82, 2.24) is 40.9 Å². The van der Waals surface area contributed by atoms with Crippen molar-refractivity contribution in [2.24, 2.45) is 5.92 Å². The Kier molecular flexibility index (Phi) is 11.6. The number of hydrogen-bond donors (Lipinski definition) is 4. The summed E-state index contributed by atoms with van der Waals surface area (Å²) in [5.74, 6) is -1.36. The lowest BCUT2D eigenvalue weighted by Crippen LogP contribution is -2.54. The fraction of sp³-hybridized carbons (Fsp3) is 0.424. The summed E-state index contributed by atoms with van der Waals surface area (Å²) in [6.45, 7) is 7.09. The fourth-order valence-electron chi connectivity index (χ4n) is 5.11. The third-order valence-corrected chi connectivity index (χ3v) is 7.45. The van der Waals surface area contributed by atoms with Gasteiger partial charge in [0.25, 0.3) is 5.91 Å². The summed E-state index contributed by atoms with van der Waals surface area (Å²) in [4.78, 5) is 72.1. The zero-order valence-electron chi connectivity index (χ0n) is 26.7. The molecule has 13 heteroatoms. The maximum absolute atomic E-state index is 13.5. The molecule has 2 heterocycles. The first-order valence-electron chi connectivity index (χ1n) is 15.5. The summed E-state index contributed by atoms with van der Waals surface area (Å²) in [7, 11) is 0. The number of nitrogens with one attached hydrogen (secondary N) is 4. The van der Waals surface area contributed by atoms with Crippen LogP contribution in [0.25, 0.3) is 11.4 Å². The van der Waals surface area contributed by atoms with Crippen molar-refractivity contribution in [3.05, 3.63) is 72.1 Å². The zero-order valence-corrected chi connectivity index (χ0v) is 26.7. The van der Waals surface area contributed by atoms with E-state index in [9.17, 15) is 24.0 Å². The molecule has 0 spiro atoms. The molecule has 4 N–H and O–H groups in total. The van der Waals surface area contributed by atoms with E-state index in [2.05, 4.69) is 31.3 Å². The summed E-state index contributed by atoms with van der Waals surface area (Å²) in [6, 6.07) is 15.3. The monoisotopic (exact) mass is 630 g/mol. The Hall–Kier alpha value is -5.07. The van der Waals surface area contributed by atoms with Gasteiger partial charge in [0.1, 0.15) is 24.5 Å². The van der Waals surface area contributed by atoms with Crippen LogP contribution >= 0.6 is 0 Å². The van der Waals surface area contributed by atoms with E-state index in [4.69, 9.17) is 0 Å². The third kappa shape index (κ3) is 9.22. The van der Waals surface area contributed by atoms with Crippen LogP contribution in [0.4, 0.5) is 0 Å². The van der Waals surface area contributed by atoms with Crippen LogP contribution < -0.4 is 21.3 Å². The van der Waals surface area contributed by atoms with Crippen LogP contribution in [-0.4, -0.2) is 80.9 Å². The van der Waals surface area contributed by atoms with E-state index < -0.39 is 35.8 Å². The summed E-state index contributed by atoms with van der Waals surface area (Å²) >= 11 is 0. The average Bonchev–Trinajstić information content (AvgIpc) is 3.45. The second-order valence-corrected chi connectivity index (χ2v) is 11.8. The average molecular weight is 631 g/mol. The zero-order chi connectivity index (χ0) is 33.2. The molecular formula is C33H42N8O5. The van der Waals surface area contributed by atoms with Crippen LogP contribution in [0.2, 0.25) is 0 Å². The van der Waals surface area contributed by atoms with Gasteiger partial charge in [-0.3, -0.25) is 24.0 Å². The second-order valence-electron chi connectivity index (χ2n) is 11.8. The first kappa shape index (κ1) is 33.8. The minimum absolute atomic E-state index is 0.0625. The second kappa shape index (κ2) is 15.8. The van der Waals surface area contributed by atoms with E-state index in [0.29, 0.717) is 30.1 Å². The first-order chi connectivity index (χ1) is 22.0. The molecule has 0 radical (unpaired) electrons. The standard InChI is InChI=1S/C33H42N8O5/c1-21(2)18-26-32(45)36-22(3)30-38-29(24-12-7-5-8-13-24)39-41(30)20-27(42)34-16-11-17-40(33(46)25-14-9-6-10-15-25)19-28(43)35-23(4)31(44)37-26/h5-10,12-15,21-23,26H,11,16-20H2,1-4H3,(H,34,42)(H,35,43)(H,36,45)(H,37,44)/t22-,23+,26+/m0/s1. The lowest BCUT2D eigenvalue weighted by molar-refractivity contribution is -0.132. The largest absolute Gasteiger partial charge is 0.354 e. The van der Waals surface area contributed by atoms with E-state index >= 15 is 0 Å². The maximum Gasteiger partial charge on any atom is 0.254 e. The van der Waals surface area contributed by atoms with Gasteiger partial charge in [-0.2, -0.15) is 5.10 Å². The molecule has 2 aromatic carbocycles. The van der Waals surface area contributed by atoms with Crippen molar-refractivity contribution in [1.29, 1.82) is 0 Å². The lowest BCUT2D eigenvalue weighted by Gasteiger charge is -2.25. The molecule has 4 rings (SSSR count). The molecule has 1 aromatic heterocycles. The SMILES string of the molecule is CC(C)C[C@H]1NC(=O)[C@@H](C)NC(=O)CN(C(=O)c2ccccc2)CCCNC(=O)Cn2nc(-c3ccccc3)nc2[C@H](C)NC1=O. The minimum atomic E-state index is -0.973. The van der Waals surface area contributed by atoms with Crippen LogP contribution in [0.15, 0.2) is 60.7 Å². The molecule has 0 bridgehead atoms. The predicted octanol–water partition coefficient (Wildman–Crippen LogP) is 1.82. The van der Waals surface area contributed by atoms with E-state index in [1.54, 1.807) is 37.3 Å². The van der Waals surface area contributed by atoms with E-state index in [-0.39, 0.29) is 43.9 Å². The predicted molar refractivity (Wildman–Crippen MR) is 171 cm³/mol. The Labute approximate surface area is 268 Å². The van der Waals surface area contributed by atoms with Gasteiger partial charge in [0.2, 0.25) is 23.6 Å². The van der Waals surface area contributed by atoms with Gasteiger partial charge in [-0.1, -0.05) is 62.4 Å². The molecular weight excluding hydrogens is 588 g/mol. The molecule has 46 heavy (non-hydrogen) atoms. The first-order valence-corrected chi connectivity index (χ1v) is 15.5. The highest BCUT2D eigenvalue weighted by Crippen LogP contribution is 2.19. The summed E-state index contributed by atoms with van der Waals surface area (Å²) < 4.78 is 1.46. The molecule has 1 aliphatic heterocycles. The van der Waals surface area contributed by atoms with Gasteiger partial charge >= 0.3 is 0 Å². The number of carbonyl (C=O) groups is 5. The van der Waals surface area contributed by atoms with Crippen molar-refractivity contribution in [2.75, 3.05) is 19.6 Å². The number of benzene rings is 2. The van der Waals surface area contributed by atoms with Crippen LogP contribution in [0.5, 0.6) is 0 Å². The minimum Gasteiger partial charge on any atom is -0.354 e. The van der Waals surface area contributed by atoms with Gasteiger partial charge in [0.05, 0.1) is 12.6 Å². The normalized spacial score (nSPS) is 20.7. The van der Waals surface area contributed by atoms with Crippen LogP contribution in [-0.2, 0) is 25.7 Å². The molecule has 5 amide bonds. The van der Waals surface area contributed by atoms with Crippen LogP contribution in [0, 0.1) is 5.92 Å². The Morgan fingerprint density at radius 1 is 0.848 bits per heavy atom. The van der Waals surface area contributed by atoms with Crippen molar-refractivity contribution >= 4 is 29.5 Å². The summed E-state index contributed by atoms with van der Waals surface area (Å²) in [5, 5.41) is 15.8. The van der Waals surface area contributed by atoms with Crippen LogP contribution in [0.3, 0.4) is 0 Å². The Morgan fingerprint density at radius 2 is 1.52 bits per heavy atom. The molecule has 13 nitrogen and oxygen atoms in total. The van der Waals surface area contributed by atoms with Gasteiger partial charge in [-0.15, -0.1) is 0 Å². The Balaban J connectivity index is 1.63. The van der Waals surface area contributed by atoms with Gasteiger partial charge < -0.3 is 26.2 Å². The van der Waals surface area contributed by atoms with Crippen molar-refractivity contribution < 1.29 is 24.0 Å². The molecule has 3 aromatic rings. The highest BCUT2D eigenvalue weighted by molar-refractivity contribution is 5.97. The van der Waals surface area contributed by atoms with Crippen molar-refractivity contribution in [3.63, 3.8) is 0 Å². The Morgan fingerprint density at radius 3 is 2.20 bits per heavy atom. The number of aromatic nitrogens is 3. The maximum atomic E-state index is 13.5. The molecule has 244 valence electrons. The molecule has 0 saturated heterocycles. The smallest absolute Gasteiger partial charge is 0.254 e. The molecule has 0 unspecified atom stereocenters. The van der Waals surface area contributed by atoms with Crippen molar-refractivity contribution in [3.8, 4) is 11.4 Å². The fourth-order valence-corrected chi connectivity index (χ4v) is 5.11. The van der Waals surface area contributed by atoms with E-state index in [1.165, 1.54) is 16.5 Å². The number of hydrogen-bond acceptors (Lipinski definition) is 7. The number of amides is 5. The topological polar surface area (TPSA) is 167 Å². The Bertz CT molecular complexity index is 1530. The molecule has 0 saturated carbocycles. The van der Waals surface area contributed by atoms with Gasteiger partial charge in [0.15, 0.2) is 5.82 Å². The highest BCUT2D eigenvalue weighted by Gasteiger charge is 2.29. The number of nitrogens with zero attached hydrogens (tertiary/aromatic N) is 4. The van der Waals surface area contributed by atoms with Gasteiger partial charge in [0, 0.05) is 24.2 Å². The van der Waals surface area contributed by atoms with Gasteiger partial charge in [-0.25, -0.2) is 9.67 Å².